The van der Waals surface area contributed by atoms with Crippen LogP contribution in [0.25, 0.3) is 21.2 Å². The molecule has 0 spiro atoms. The minimum absolute atomic E-state index is 0.00386. The maximum absolute atomic E-state index is 12.6. The molecule has 0 radical (unpaired) electrons. The van der Waals surface area contributed by atoms with Crippen molar-refractivity contribution in [1.82, 2.24) is 4.37 Å². The molecule has 2 nitrogen and oxygen atoms in total. The van der Waals surface area contributed by atoms with Gasteiger partial charge in [0.25, 0.3) is 5.56 Å². The highest BCUT2D eigenvalue weighted by Gasteiger charge is 2.30. The number of nitrogens with one attached hydrogen (secondary N) is 1. The molecule has 7 heteroatoms. The molecule has 0 unspecified atom stereocenters. The van der Waals surface area contributed by atoms with Crippen molar-refractivity contribution in [2.45, 2.75) is 6.18 Å². The van der Waals surface area contributed by atoms with Gasteiger partial charge in [-0.2, -0.15) is 13.2 Å². The van der Waals surface area contributed by atoms with Gasteiger partial charge < -0.3 is 0 Å². The van der Waals surface area contributed by atoms with Gasteiger partial charge in [-0.3, -0.25) is 9.17 Å². The minimum atomic E-state index is -4.43. The van der Waals surface area contributed by atoms with Crippen LogP contribution < -0.4 is 5.56 Å². The van der Waals surface area contributed by atoms with E-state index in [0.29, 0.717) is 16.5 Å². The lowest BCUT2D eigenvalue weighted by atomic mass is 10.0. The lowest BCUT2D eigenvalue weighted by Crippen LogP contribution is -2.04. The van der Waals surface area contributed by atoms with E-state index >= 15 is 0 Å². The van der Waals surface area contributed by atoms with Gasteiger partial charge in [-0.25, -0.2) is 0 Å². The molecule has 0 aliphatic rings. The fourth-order valence-electron chi connectivity index (χ4n) is 2.05. The van der Waals surface area contributed by atoms with Gasteiger partial charge in [0.15, 0.2) is 0 Å². The van der Waals surface area contributed by atoms with Crippen LogP contribution in [0.15, 0.2) is 41.2 Å². The number of alkyl halides is 3. The molecule has 0 bridgehead atoms. The third kappa shape index (κ3) is 2.56. The Kier molecular flexibility index (Phi) is 3.30. The van der Waals surface area contributed by atoms with E-state index in [9.17, 15) is 18.0 Å². The predicted molar refractivity (Wildman–Crippen MR) is 77.9 cm³/mol. The third-order valence-electron chi connectivity index (χ3n) is 3.09. The fourth-order valence-corrected chi connectivity index (χ4v) is 3.05. The van der Waals surface area contributed by atoms with Crippen LogP contribution in [-0.4, -0.2) is 4.37 Å². The van der Waals surface area contributed by atoms with Crippen LogP contribution in [0.3, 0.4) is 0 Å². The summed E-state index contributed by atoms with van der Waals surface area (Å²) in [7, 11) is 0. The van der Waals surface area contributed by atoms with Gasteiger partial charge in [-0.1, -0.05) is 35.3 Å². The summed E-state index contributed by atoms with van der Waals surface area (Å²) in [5.74, 6) is 0. The molecule has 2 aromatic carbocycles. The first-order chi connectivity index (χ1) is 9.86. The van der Waals surface area contributed by atoms with Gasteiger partial charge in [0.2, 0.25) is 0 Å². The number of rotatable bonds is 1. The van der Waals surface area contributed by atoms with Crippen LogP contribution in [0, 0.1) is 0 Å². The summed E-state index contributed by atoms with van der Waals surface area (Å²) in [6.45, 7) is 0. The van der Waals surface area contributed by atoms with E-state index < -0.39 is 11.7 Å². The molecule has 0 fully saturated rings. The second-order valence-corrected chi connectivity index (χ2v) is 5.69. The van der Waals surface area contributed by atoms with E-state index in [4.69, 9.17) is 11.6 Å². The highest BCUT2D eigenvalue weighted by molar-refractivity contribution is 7.13. The van der Waals surface area contributed by atoms with Crippen LogP contribution in [0.1, 0.15) is 5.56 Å². The van der Waals surface area contributed by atoms with E-state index in [2.05, 4.69) is 4.37 Å². The number of hydrogen-bond acceptors (Lipinski definition) is 2. The van der Waals surface area contributed by atoms with Crippen molar-refractivity contribution in [3.63, 3.8) is 0 Å². The normalized spacial score (nSPS) is 12.0. The van der Waals surface area contributed by atoms with Crippen LogP contribution in [-0.2, 0) is 6.18 Å². The first-order valence-corrected chi connectivity index (χ1v) is 7.04. The van der Waals surface area contributed by atoms with Gasteiger partial charge in [0.05, 0.1) is 15.6 Å². The Labute approximate surface area is 125 Å². The Bertz CT molecular complexity index is 882. The SMILES string of the molecule is O=c1[nH]sc2ccc(-c3ccc(C(F)(F)F)cc3Cl)cc12. The summed E-state index contributed by atoms with van der Waals surface area (Å²) in [4.78, 5) is 11.6. The van der Waals surface area contributed by atoms with Crippen molar-refractivity contribution in [3.8, 4) is 11.1 Å². The molecule has 3 rings (SSSR count). The van der Waals surface area contributed by atoms with Gasteiger partial charge >= 0.3 is 6.18 Å². The standard InChI is InChI=1S/C14H7ClF3NOS/c15-11-6-8(14(16,17)18)2-3-9(11)7-1-4-12-10(5-7)13(20)19-21-12/h1-6H,(H,19,20). The molecular formula is C14H7ClF3NOS. The average Bonchev–Trinajstić information content (AvgIpc) is 2.79. The lowest BCUT2D eigenvalue weighted by molar-refractivity contribution is -0.137. The van der Waals surface area contributed by atoms with Crippen LogP contribution in [0.2, 0.25) is 5.02 Å². The molecule has 1 heterocycles. The smallest absolute Gasteiger partial charge is 0.277 e. The molecule has 0 saturated heterocycles. The quantitative estimate of drug-likeness (QED) is 0.674. The number of fused-ring (bicyclic) bond motifs is 1. The molecule has 1 N–H and O–H groups in total. The van der Waals surface area contributed by atoms with Crippen molar-refractivity contribution in [3.05, 3.63) is 57.3 Å². The Morgan fingerprint density at radius 2 is 1.86 bits per heavy atom. The van der Waals surface area contributed by atoms with E-state index in [1.165, 1.54) is 17.6 Å². The van der Waals surface area contributed by atoms with Crippen molar-refractivity contribution in [2.75, 3.05) is 0 Å². The highest BCUT2D eigenvalue weighted by Crippen LogP contribution is 2.36. The topological polar surface area (TPSA) is 32.9 Å². The largest absolute Gasteiger partial charge is 0.416 e. The number of benzene rings is 2. The minimum Gasteiger partial charge on any atom is -0.277 e. The van der Waals surface area contributed by atoms with Crippen LogP contribution in [0.4, 0.5) is 13.2 Å². The average molecular weight is 330 g/mol. The van der Waals surface area contributed by atoms with E-state index in [1.807, 2.05) is 0 Å². The fraction of sp³-hybridized carbons (Fsp3) is 0.0714. The molecule has 0 amide bonds. The molecule has 108 valence electrons. The Balaban J connectivity index is 2.14. The van der Waals surface area contributed by atoms with Crippen LogP contribution in [0.5, 0.6) is 0 Å². The zero-order chi connectivity index (χ0) is 15.2. The van der Waals surface area contributed by atoms with Gasteiger partial charge in [-0.15, -0.1) is 0 Å². The molecule has 0 aliphatic heterocycles. The summed E-state index contributed by atoms with van der Waals surface area (Å²) < 4.78 is 41.2. The first kappa shape index (κ1) is 14.2. The second-order valence-electron chi connectivity index (χ2n) is 4.44. The molecule has 0 atom stereocenters. The summed E-state index contributed by atoms with van der Waals surface area (Å²) in [6.07, 6.45) is -4.43. The Morgan fingerprint density at radius 3 is 2.52 bits per heavy atom. The van der Waals surface area contributed by atoms with Crippen molar-refractivity contribution >= 4 is 33.2 Å². The van der Waals surface area contributed by atoms with Crippen molar-refractivity contribution in [1.29, 1.82) is 0 Å². The van der Waals surface area contributed by atoms with E-state index in [-0.39, 0.29) is 10.6 Å². The second kappa shape index (κ2) is 4.89. The molecule has 21 heavy (non-hydrogen) atoms. The van der Waals surface area contributed by atoms with Crippen LogP contribution >= 0.6 is 23.1 Å². The van der Waals surface area contributed by atoms with Crippen molar-refractivity contribution in [2.24, 2.45) is 0 Å². The third-order valence-corrected chi connectivity index (χ3v) is 4.26. The maximum atomic E-state index is 12.6. The lowest BCUT2D eigenvalue weighted by Gasteiger charge is -2.10. The van der Waals surface area contributed by atoms with Crippen molar-refractivity contribution < 1.29 is 13.2 Å². The Hall–Kier alpha value is -1.79. The van der Waals surface area contributed by atoms with Gasteiger partial charge in [0.1, 0.15) is 0 Å². The first-order valence-electron chi connectivity index (χ1n) is 5.84. The summed E-state index contributed by atoms with van der Waals surface area (Å²) in [6, 6.07) is 8.26. The monoisotopic (exact) mass is 329 g/mol. The van der Waals surface area contributed by atoms with Gasteiger partial charge in [0, 0.05) is 10.6 Å². The summed E-state index contributed by atoms with van der Waals surface area (Å²) >= 11 is 7.16. The number of H-pyrrole nitrogens is 1. The molecule has 1 aromatic heterocycles. The summed E-state index contributed by atoms with van der Waals surface area (Å²) in [5.41, 5.74) is 0.0351. The summed E-state index contributed by atoms with van der Waals surface area (Å²) in [5, 5.41) is 0.490. The number of hydrogen-bond donors (Lipinski definition) is 1. The number of halogens is 4. The van der Waals surface area contributed by atoms with Gasteiger partial charge in [-0.05, 0) is 29.8 Å². The molecular weight excluding hydrogens is 323 g/mol. The molecule has 0 aliphatic carbocycles. The van der Waals surface area contributed by atoms with E-state index in [0.717, 1.165) is 16.8 Å². The van der Waals surface area contributed by atoms with E-state index in [1.54, 1.807) is 18.2 Å². The maximum Gasteiger partial charge on any atom is 0.416 e. The highest BCUT2D eigenvalue weighted by atomic mass is 35.5. The molecule has 3 aromatic rings. The number of aromatic nitrogens is 1. The predicted octanol–water partition coefficient (Wildman–Crippen LogP) is 4.93. The number of aromatic amines is 1. The molecule has 0 saturated carbocycles. The zero-order valence-corrected chi connectivity index (χ0v) is 11.9. The Morgan fingerprint density at radius 1 is 1.10 bits per heavy atom. The zero-order valence-electron chi connectivity index (χ0n) is 10.3.